The number of fused-ring (bicyclic) bond motifs is 1. The molecule has 0 radical (unpaired) electrons. The summed E-state index contributed by atoms with van der Waals surface area (Å²) in [5.41, 5.74) is 2.97. The van der Waals surface area contributed by atoms with E-state index in [0.717, 1.165) is 29.9 Å². The highest BCUT2D eigenvalue weighted by molar-refractivity contribution is 5.79. The molecule has 29 heavy (non-hydrogen) atoms. The van der Waals surface area contributed by atoms with Crippen molar-refractivity contribution in [2.45, 2.75) is 13.0 Å². The maximum absolute atomic E-state index is 5.40. The van der Waals surface area contributed by atoms with Crippen LogP contribution in [0.3, 0.4) is 0 Å². The molecule has 8 heteroatoms. The molecule has 2 N–H and O–H groups in total. The second-order valence-corrected chi connectivity index (χ2v) is 6.33. The number of nitrogens with zero attached hydrogens (tertiary/aromatic N) is 3. The molecule has 1 aromatic carbocycles. The van der Waals surface area contributed by atoms with Crippen molar-refractivity contribution >= 4 is 11.6 Å². The minimum absolute atomic E-state index is 0.560. The summed E-state index contributed by atoms with van der Waals surface area (Å²) in [6, 6.07) is 9.80. The fourth-order valence-corrected chi connectivity index (χ4v) is 3.06. The Hall–Kier alpha value is -3.42. The van der Waals surface area contributed by atoms with E-state index in [2.05, 4.69) is 20.6 Å². The van der Waals surface area contributed by atoms with E-state index in [1.165, 1.54) is 0 Å². The molecule has 0 aliphatic rings. The van der Waals surface area contributed by atoms with Crippen LogP contribution in [-0.4, -0.2) is 50.3 Å². The van der Waals surface area contributed by atoms with Crippen LogP contribution in [0.5, 0.6) is 17.2 Å². The molecular formula is C21H27N5O3. The molecular weight excluding hydrogens is 370 g/mol. The maximum atomic E-state index is 5.40. The number of pyridine rings is 1. The van der Waals surface area contributed by atoms with Crippen molar-refractivity contribution < 1.29 is 14.2 Å². The van der Waals surface area contributed by atoms with Crippen LogP contribution in [0.2, 0.25) is 0 Å². The number of aliphatic imine (C=N–C) groups is 1. The minimum Gasteiger partial charge on any atom is -0.493 e. The van der Waals surface area contributed by atoms with Gasteiger partial charge in [0, 0.05) is 39.0 Å². The number of nitrogens with one attached hydrogen (secondary N) is 2. The van der Waals surface area contributed by atoms with E-state index >= 15 is 0 Å². The summed E-state index contributed by atoms with van der Waals surface area (Å²) in [5.74, 6) is 2.54. The van der Waals surface area contributed by atoms with Crippen LogP contribution in [0, 0.1) is 0 Å². The van der Waals surface area contributed by atoms with Crippen molar-refractivity contribution in [3.05, 3.63) is 54.0 Å². The van der Waals surface area contributed by atoms with Crippen molar-refractivity contribution in [2.75, 3.05) is 34.9 Å². The average molecular weight is 397 g/mol. The van der Waals surface area contributed by atoms with E-state index in [1.807, 2.05) is 47.1 Å². The first-order chi connectivity index (χ1) is 14.2. The summed E-state index contributed by atoms with van der Waals surface area (Å²) < 4.78 is 18.2. The van der Waals surface area contributed by atoms with Crippen molar-refractivity contribution in [1.29, 1.82) is 0 Å². The fourth-order valence-electron chi connectivity index (χ4n) is 3.06. The molecule has 0 saturated heterocycles. The molecule has 0 aliphatic carbocycles. The lowest BCUT2D eigenvalue weighted by atomic mass is 10.2. The number of methoxy groups -OCH3 is 3. The van der Waals surface area contributed by atoms with Crippen LogP contribution in [0.4, 0.5) is 0 Å². The van der Waals surface area contributed by atoms with E-state index in [-0.39, 0.29) is 0 Å². The fraction of sp³-hybridized carbons (Fsp3) is 0.333. The smallest absolute Gasteiger partial charge is 0.203 e. The first-order valence-corrected chi connectivity index (χ1v) is 9.34. The number of hydrogen-bond acceptors (Lipinski definition) is 5. The standard InChI is InChI=1S/C21H27N5O3/c1-22-21(23-9-8-16-14-26-10-6-5-7-19(26)25-16)24-13-15-11-17(27-2)20(29-4)18(12-15)28-3/h5-7,10-12,14H,8-9,13H2,1-4H3,(H2,22,23,24). The third kappa shape index (κ3) is 4.90. The molecule has 0 unspecified atom stereocenters. The summed E-state index contributed by atoms with van der Waals surface area (Å²) in [6.45, 7) is 1.28. The van der Waals surface area contributed by atoms with Gasteiger partial charge in [-0.25, -0.2) is 4.98 Å². The highest BCUT2D eigenvalue weighted by Gasteiger charge is 2.13. The quantitative estimate of drug-likeness (QED) is 0.448. The van der Waals surface area contributed by atoms with E-state index in [0.29, 0.717) is 29.8 Å². The van der Waals surface area contributed by atoms with Gasteiger partial charge in [-0.1, -0.05) is 6.07 Å². The molecule has 0 saturated carbocycles. The Morgan fingerprint density at radius 2 is 1.83 bits per heavy atom. The summed E-state index contributed by atoms with van der Waals surface area (Å²) in [6.07, 6.45) is 4.84. The maximum Gasteiger partial charge on any atom is 0.203 e. The Morgan fingerprint density at radius 1 is 1.07 bits per heavy atom. The topological polar surface area (TPSA) is 81.4 Å². The second kappa shape index (κ2) is 9.68. The monoisotopic (exact) mass is 397 g/mol. The first kappa shape index (κ1) is 20.3. The Labute approximate surface area is 170 Å². The van der Waals surface area contributed by atoms with Gasteiger partial charge in [-0.05, 0) is 29.8 Å². The molecule has 8 nitrogen and oxygen atoms in total. The average Bonchev–Trinajstić information content (AvgIpc) is 3.17. The zero-order valence-electron chi connectivity index (χ0n) is 17.2. The largest absolute Gasteiger partial charge is 0.493 e. The normalized spacial score (nSPS) is 11.4. The van der Waals surface area contributed by atoms with E-state index in [4.69, 9.17) is 14.2 Å². The molecule has 0 bridgehead atoms. The molecule has 3 rings (SSSR count). The molecule has 0 spiro atoms. The predicted octanol–water partition coefficient (Wildman–Crippen LogP) is 2.27. The van der Waals surface area contributed by atoms with Gasteiger partial charge in [0.15, 0.2) is 17.5 Å². The third-order valence-electron chi connectivity index (χ3n) is 4.50. The molecule has 2 heterocycles. The predicted molar refractivity (Wildman–Crippen MR) is 113 cm³/mol. The van der Waals surface area contributed by atoms with Crippen LogP contribution < -0.4 is 24.8 Å². The zero-order valence-corrected chi connectivity index (χ0v) is 17.2. The van der Waals surface area contributed by atoms with Gasteiger partial charge < -0.3 is 29.2 Å². The highest BCUT2D eigenvalue weighted by atomic mass is 16.5. The lowest BCUT2D eigenvalue weighted by molar-refractivity contribution is 0.323. The number of rotatable bonds is 8. The highest BCUT2D eigenvalue weighted by Crippen LogP contribution is 2.38. The van der Waals surface area contributed by atoms with Gasteiger partial charge in [-0.3, -0.25) is 4.99 Å². The Kier molecular flexibility index (Phi) is 6.78. The van der Waals surface area contributed by atoms with Crippen molar-refractivity contribution in [1.82, 2.24) is 20.0 Å². The molecule has 0 amide bonds. The van der Waals surface area contributed by atoms with Crippen LogP contribution >= 0.6 is 0 Å². The summed E-state index contributed by atoms with van der Waals surface area (Å²) in [5, 5.41) is 6.61. The Balaban J connectivity index is 1.56. The van der Waals surface area contributed by atoms with E-state index < -0.39 is 0 Å². The molecule has 0 atom stereocenters. The number of ether oxygens (including phenoxy) is 3. The zero-order chi connectivity index (χ0) is 20.6. The lowest BCUT2D eigenvalue weighted by Crippen LogP contribution is -2.37. The van der Waals surface area contributed by atoms with E-state index in [1.54, 1.807) is 28.4 Å². The number of guanidine groups is 1. The molecule has 154 valence electrons. The molecule has 2 aromatic heterocycles. The number of imidazole rings is 1. The van der Waals surface area contributed by atoms with Gasteiger partial charge in [0.1, 0.15) is 5.65 Å². The van der Waals surface area contributed by atoms with Crippen LogP contribution in [0.1, 0.15) is 11.3 Å². The van der Waals surface area contributed by atoms with Gasteiger partial charge in [0.05, 0.1) is 27.0 Å². The SMILES string of the molecule is CN=C(NCCc1cn2ccccc2n1)NCc1cc(OC)c(OC)c(OC)c1. The Bertz CT molecular complexity index is 925. The third-order valence-corrected chi connectivity index (χ3v) is 4.50. The van der Waals surface area contributed by atoms with Gasteiger partial charge >= 0.3 is 0 Å². The van der Waals surface area contributed by atoms with Gasteiger partial charge in [0.25, 0.3) is 0 Å². The molecule has 0 aliphatic heterocycles. The van der Waals surface area contributed by atoms with Gasteiger partial charge in [0.2, 0.25) is 5.75 Å². The number of benzene rings is 1. The molecule has 3 aromatic rings. The van der Waals surface area contributed by atoms with Crippen LogP contribution in [-0.2, 0) is 13.0 Å². The second-order valence-electron chi connectivity index (χ2n) is 6.33. The lowest BCUT2D eigenvalue weighted by Gasteiger charge is -2.15. The first-order valence-electron chi connectivity index (χ1n) is 9.34. The van der Waals surface area contributed by atoms with Crippen molar-refractivity contribution in [3.8, 4) is 17.2 Å². The summed E-state index contributed by atoms with van der Waals surface area (Å²) in [4.78, 5) is 8.88. The Morgan fingerprint density at radius 3 is 2.45 bits per heavy atom. The summed E-state index contributed by atoms with van der Waals surface area (Å²) >= 11 is 0. The number of aromatic nitrogens is 2. The van der Waals surface area contributed by atoms with Crippen molar-refractivity contribution in [2.24, 2.45) is 4.99 Å². The van der Waals surface area contributed by atoms with Gasteiger partial charge in [-0.15, -0.1) is 0 Å². The number of hydrogen-bond donors (Lipinski definition) is 2. The summed E-state index contributed by atoms with van der Waals surface area (Å²) in [7, 11) is 6.55. The van der Waals surface area contributed by atoms with E-state index in [9.17, 15) is 0 Å². The van der Waals surface area contributed by atoms with Gasteiger partial charge in [-0.2, -0.15) is 0 Å². The van der Waals surface area contributed by atoms with Crippen LogP contribution in [0.25, 0.3) is 5.65 Å². The minimum atomic E-state index is 0.560. The van der Waals surface area contributed by atoms with Crippen LogP contribution in [0.15, 0.2) is 47.7 Å². The molecule has 0 fully saturated rings. The van der Waals surface area contributed by atoms with Crippen molar-refractivity contribution in [3.63, 3.8) is 0 Å².